The third kappa shape index (κ3) is 4.42. The molecule has 10 heteroatoms. The van der Waals surface area contributed by atoms with Gasteiger partial charge in [0.25, 0.3) is 5.91 Å². The number of amides is 1. The maximum atomic E-state index is 13.9. The molecule has 10 nitrogen and oxygen atoms in total. The van der Waals surface area contributed by atoms with Gasteiger partial charge >= 0.3 is 0 Å². The van der Waals surface area contributed by atoms with Crippen molar-refractivity contribution in [1.29, 1.82) is 0 Å². The number of phenolic OH excluding ortho intramolecular Hbond substituents is 1. The quantitative estimate of drug-likeness (QED) is 0.250. The maximum absolute atomic E-state index is 13.9. The van der Waals surface area contributed by atoms with Crippen LogP contribution in [0.2, 0.25) is 0 Å². The number of primary amides is 1. The summed E-state index contributed by atoms with van der Waals surface area (Å²) < 4.78 is 0. The lowest BCUT2D eigenvalue weighted by atomic mass is 9.57. The molecular formula is C30H39N3O7. The van der Waals surface area contributed by atoms with Crippen LogP contribution >= 0.6 is 0 Å². The number of Topliss-reactive ketones (excluding diaryl/α,β-unsaturated/α-hetero) is 2. The highest BCUT2D eigenvalue weighted by molar-refractivity contribution is 6.24. The maximum Gasteiger partial charge on any atom is 0.255 e. The van der Waals surface area contributed by atoms with E-state index in [1.54, 1.807) is 14.1 Å². The van der Waals surface area contributed by atoms with Crippen molar-refractivity contribution in [3.63, 3.8) is 0 Å². The van der Waals surface area contributed by atoms with Gasteiger partial charge in [0.15, 0.2) is 11.4 Å². The predicted octanol–water partition coefficient (Wildman–Crippen LogP) is 1.77. The number of aromatic hydroxyl groups is 1. The van der Waals surface area contributed by atoms with Gasteiger partial charge in [-0.05, 0) is 102 Å². The lowest BCUT2D eigenvalue weighted by Crippen LogP contribution is -2.65. The van der Waals surface area contributed by atoms with Crippen molar-refractivity contribution in [2.75, 3.05) is 33.7 Å². The number of aliphatic hydroxyl groups is 3. The van der Waals surface area contributed by atoms with E-state index in [9.17, 15) is 34.8 Å². The SMILES string of the molecule is CN(C)[C@@H]1C(=O)C(C(N)=O)=C(O)[C@@]2(O)C(=O)C3=C(O)c4c(O)ccc(CCCCN5CCCCC5)c4C[C@H]3C[C@@H]12. The number of nitrogens with two attached hydrogens (primary N) is 1. The number of nitrogens with zero attached hydrogens (tertiary/aromatic N) is 2. The zero-order valence-electron chi connectivity index (χ0n) is 23.2. The van der Waals surface area contributed by atoms with E-state index >= 15 is 0 Å². The lowest BCUT2D eigenvalue weighted by molar-refractivity contribution is -0.153. The minimum Gasteiger partial charge on any atom is -0.508 e. The number of phenols is 1. The third-order valence-electron chi connectivity index (χ3n) is 9.32. The van der Waals surface area contributed by atoms with E-state index in [0.29, 0.717) is 6.42 Å². The summed E-state index contributed by atoms with van der Waals surface area (Å²) in [5.74, 6) is -6.31. The van der Waals surface area contributed by atoms with E-state index in [2.05, 4.69) is 4.90 Å². The first kappa shape index (κ1) is 28.3. The Hall–Kier alpha value is -3.21. The van der Waals surface area contributed by atoms with Gasteiger partial charge in [0.2, 0.25) is 5.78 Å². The first-order valence-corrected chi connectivity index (χ1v) is 14.2. The number of hydrogen-bond acceptors (Lipinski definition) is 9. The molecule has 216 valence electrons. The fourth-order valence-corrected chi connectivity index (χ4v) is 7.38. The molecule has 1 saturated heterocycles. The minimum absolute atomic E-state index is 0.0931. The van der Waals surface area contributed by atoms with Gasteiger partial charge in [-0.15, -0.1) is 0 Å². The molecule has 1 aliphatic heterocycles. The lowest BCUT2D eigenvalue weighted by Gasteiger charge is -2.50. The summed E-state index contributed by atoms with van der Waals surface area (Å²) in [5.41, 5.74) is 3.71. The van der Waals surface area contributed by atoms with Crippen LogP contribution in [0, 0.1) is 11.8 Å². The Morgan fingerprint density at radius 1 is 1.10 bits per heavy atom. The van der Waals surface area contributed by atoms with Gasteiger partial charge in [-0.1, -0.05) is 12.5 Å². The topological polar surface area (TPSA) is 165 Å². The number of rotatable bonds is 7. The highest BCUT2D eigenvalue weighted by Crippen LogP contribution is 2.53. The first-order chi connectivity index (χ1) is 19.0. The Balaban J connectivity index is 1.50. The average molecular weight is 554 g/mol. The summed E-state index contributed by atoms with van der Waals surface area (Å²) in [6.45, 7) is 3.32. The molecule has 0 spiro atoms. The van der Waals surface area contributed by atoms with E-state index in [1.807, 2.05) is 6.07 Å². The first-order valence-electron chi connectivity index (χ1n) is 14.2. The third-order valence-corrected chi connectivity index (χ3v) is 9.32. The number of carbonyl (C=O) groups is 3. The molecule has 0 bridgehead atoms. The molecule has 1 aromatic rings. The smallest absolute Gasteiger partial charge is 0.255 e. The van der Waals surface area contributed by atoms with Crippen LogP contribution in [-0.2, 0) is 27.2 Å². The van der Waals surface area contributed by atoms with Gasteiger partial charge in [-0.25, -0.2) is 0 Å². The fraction of sp³-hybridized carbons (Fsp3) is 0.567. The molecule has 1 saturated carbocycles. The molecule has 2 fully saturated rings. The summed E-state index contributed by atoms with van der Waals surface area (Å²) in [7, 11) is 3.18. The van der Waals surface area contributed by atoms with E-state index in [-0.39, 0.29) is 23.3 Å². The number of likely N-dealkylation sites (N-methyl/N-ethyl adjacent to an activating group) is 1. The van der Waals surface area contributed by atoms with Crippen LogP contribution in [0.3, 0.4) is 0 Å². The summed E-state index contributed by atoms with van der Waals surface area (Å²) in [4.78, 5) is 43.2. The van der Waals surface area contributed by atoms with Crippen LogP contribution in [0.1, 0.15) is 55.2 Å². The second-order valence-corrected chi connectivity index (χ2v) is 11.9. The predicted molar refractivity (Wildman–Crippen MR) is 147 cm³/mol. The van der Waals surface area contributed by atoms with E-state index in [4.69, 9.17) is 5.73 Å². The number of benzene rings is 1. The van der Waals surface area contributed by atoms with Gasteiger partial charge in [0.05, 0.1) is 11.6 Å². The van der Waals surface area contributed by atoms with Crippen LogP contribution in [0.5, 0.6) is 5.75 Å². The van der Waals surface area contributed by atoms with Crippen LogP contribution in [0.25, 0.3) is 5.76 Å². The van der Waals surface area contributed by atoms with Crippen LogP contribution < -0.4 is 5.73 Å². The largest absolute Gasteiger partial charge is 0.508 e. The highest BCUT2D eigenvalue weighted by atomic mass is 16.3. The normalized spacial score (nSPS) is 28.9. The standard InChI is InChI=1S/C30H39N3O7/c1-32(2)24-19-15-17-14-18-16(8-4-7-13-33-11-5-3-6-12-33)9-10-20(34)22(18)25(35)21(17)27(37)30(19,40)28(38)23(26(24)36)29(31)39/h9-10,17,19,24,34-35,38,40H,3-8,11-15H2,1-2H3,(H2,31,39)/t17-,19-,24-,30-/m0/s1. The molecule has 0 radical (unpaired) electrons. The van der Waals surface area contributed by atoms with Crippen molar-refractivity contribution in [1.82, 2.24) is 9.80 Å². The fourth-order valence-electron chi connectivity index (χ4n) is 7.38. The molecule has 1 aromatic carbocycles. The van der Waals surface area contributed by atoms with E-state index in [0.717, 1.165) is 50.0 Å². The Labute approximate surface area is 233 Å². The molecule has 4 atom stereocenters. The Bertz CT molecular complexity index is 1310. The number of unbranched alkanes of at least 4 members (excludes halogenated alkanes) is 1. The van der Waals surface area contributed by atoms with Crippen LogP contribution in [0.4, 0.5) is 0 Å². The number of piperidine rings is 1. The number of likely N-dealkylation sites (tertiary alicyclic amines) is 1. The zero-order chi connectivity index (χ0) is 28.9. The highest BCUT2D eigenvalue weighted by Gasteiger charge is 2.64. The summed E-state index contributed by atoms with van der Waals surface area (Å²) >= 11 is 0. The van der Waals surface area contributed by atoms with Gasteiger partial charge < -0.3 is 31.1 Å². The molecule has 3 aliphatic carbocycles. The van der Waals surface area contributed by atoms with Gasteiger partial charge in [0.1, 0.15) is 22.8 Å². The molecular weight excluding hydrogens is 514 g/mol. The second-order valence-electron chi connectivity index (χ2n) is 11.9. The van der Waals surface area contributed by atoms with E-state index < -0.39 is 58.0 Å². The number of aryl methyl sites for hydroxylation is 1. The van der Waals surface area contributed by atoms with Gasteiger partial charge in [-0.2, -0.15) is 0 Å². The zero-order valence-corrected chi connectivity index (χ0v) is 23.2. The number of fused-ring (bicyclic) bond motifs is 3. The second kappa shape index (κ2) is 10.6. The summed E-state index contributed by atoms with van der Waals surface area (Å²) in [6.07, 6.45) is 6.91. The van der Waals surface area contributed by atoms with Gasteiger partial charge in [-0.3, -0.25) is 19.3 Å². The monoisotopic (exact) mass is 553 g/mol. The molecule has 1 amide bonds. The summed E-state index contributed by atoms with van der Waals surface area (Å²) in [6, 6.07) is 2.27. The molecule has 1 heterocycles. The molecule has 0 aromatic heterocycles. The molecule has 4 aliphatic rings. The number of hydrogen-bond donors (Lipinski definition) is 5. The molecule has 6 N–H and O–H groups in total. The van der Waals surface area contributed by atoms with Crippen molar-refractivity contribution in [2.45, 2.75) is 63.0 Å². The Kier molecular flexibility index (Phi) is 7.54. The summed E-state index contributed by atoms with van der Waals surface area (Å²) in [5, 5.41) is 44.8. The average Bonchev–Trinajstić information content (AvgIpc) is 2.90. The van der Waals surface area contributed by atoms with Crippen molar-refractivity contribution in [3.8, 4) is 5.75 Å². The molecule has 40 heavy (non-hydrogen) atoms. The van der Waals surface area contributed by atoms with E-state index in [1.165, 1.54) is 30.2 Å². The number of aliphatic hydroxyl groups excluding tert-OH is 2. The number of ketones is 2. The Morgan fingerprint density at radius 2 is 1.80 bits per heavy atom. The minimum atomic E-state index is -2.62. The molecule has 5 rings (SSSR count). The van der Waals surface area contributed by atoms with Crippen molar-refractivity contribution >= 4 is 23.2 Å². The van der Waals surface area contributed by atoms with Crippen LogP contribution in [-0.4, -0.2) is 93.1 Å². The number of carbonyl (C=O) groups excluding carboxylic acids is 3. The van der Waals surface area contributed by atoms with Crippen molar-refractivity contribution < 1.29 is 34.8 Å². The van der Waals surface area contributed by atoms with Crippen molar-refractivity contribution in [2.24, 2.45) is 17.6 Å². The van der Waals surface area contributed by atoms with Crippen molar-refractivity contribution in [3.05, 3.63) is 45.7 Å². The molecule has 0 unspecified atom stereocenters. The van der Waals surface area contributed by atoms with Gasteiger partial charge in [0, 0.05) is 11.5 Å². The Morgan fingerprint density at radius 3 is 2.45 bits per heavy atom. The van der Waals surface area contributed by atoms with Crippen LogP contribution in [0.15, 0.2) is 29.0 Å².